The predicted octanol–water partition coefficient (Wildman–Crippen LogP) is 1.50. The molecule has 0 aliphatic heterocycles. The second-order valence-electron chi connectivity index (χ2n) is 4.00. The van der Waals surface area contributed by atoms with Gasteiger partial charge in [0.25, 0.3) is 0 Å². The number of nitrogens with zero attached hydrogens (tertiary/aromatic N) is 3. The normalized spacial score (nSPS) is 10.8. The maximum Gasteiger partial charge on any atom is 0.131 e. The van der Waals surface area contributed by atoms with E-state index in [4.69, 9.17) is 5.73 Å². The molecule has 0 amide bonds. The summed E-state index contributed by atoms with van der Waals surface area (Å²) in [5.74, 6) is -1.15. The molecule has 1 heterocycles. The zero-order chi connectivity index (χ0) is 13.0. The highest BCUT2D eigenvalue weighted by atomic mass is 19.1. The van der Waals surface area contributed by atoms with Gasteiger partial charge in [-0.05, 0) is 31.5 Å². The van der Waals surface area contributed by atoms with Crippen LogP contribution in [0.15, 0.2) is 24.4 Å². The molecule has 0 aliphatic carbocycles. The Labute approximate surface area is 103 Å². The lowest BCUT2D eigenvalue weighted by molar-refractivity contribution is 0.528. The van der Waals surface area contributed by atoms with Gasteiger partial charge in [0.05, 0.1) is 12.2 Å². The number of aromatic nitrogens is 3. The van der Waals surface area contributed by atoms with Crippen LogP contribution >= 0.6 is 0 Å². The van der Waals surface area contributed by atoms with E-state index in [1.165, 1.54) is 22.9 Å². The van der Waals surface area contributed by atoms with Crippen molar-refractivity contribution in [3.63, 3.8) is 0 Å². The fourth-order valence-corrected chi connectivity index (χ4v) is 1.66. The van der Waals surface area contributed by atoms with Crippen molar-refractivity contribution in [2.75, 3.05) is 6.54 Å². The van der Waals surface area contributed by atoms with Gasteiger partial charge >= 0.3 is 0 Å². The highest BCUT2D eigenvalue weighted by Gasteiger charge is 2.10. The van der Waals surface area contributed by atoms with Crippen molar-refractivity contribution in [1.82, 2.24) is 15.0 Å². The minimum Gasteiger partial charge on any atom is -0.330 e. The van der Waals surface area contributed by atoms with Gasteiger partial charge in [0, 0.05) is 11.8 Å². The summed E-state index contributed by atoms with van der Waals surface area (Å²) in [6.07, 6.45) is 3.21. The summed E-state index contributed by atoms with van der Waals surface area (Å²) in [5.41, 5.74) is 6.16. The summed E-state index contributed by atoms with van der Waals surface area (Å²) >= 11 is 0. The summed E-state index contributed by atoms with van der Waals surface area (Å²) in [6, 6.07) is 3.79. The van der Waals surface area contributed by atoms with Gasteiger partial charge in [0.1, 0.15) is 11.6 Å². The third-order valence-electron chi connectivity index (χ3n) is 2.60. The molecule has 2 N–H and O–H groups in total. The van der Waals surface area contributed by atoms with Gasteiger partial charge in [0.2, 0.25) is 0 Å². The van der Waals surface area contributed by atoms with E-state index in [-0.39, 0.29) is 12.1 Å². The summed E-state index contributed by atoms with van der Waals surface area (Å²) in [4.78, 5) is 0. The third kappa shape index (κ3) is 2.89. The fraction of sp³-hybridized carbons (Fsp3) is 0.333. The number of aryl methyl sites for hydroxylation is 1. The smallest absolute Gasteiger partial charge is 0.131 e. The third-order valence-corrected chi connectivity index (χ3v) is 2.60. The molecule has 6 heteroatoms. The Balaban J connectivity index is 2.11. The second kappa shape index (κ2) is 5.68. The first kappa shape index (κ1) is 12.6. The van der Waals surface area contributed by atoms with Gasteiger partial charge in [-0.25, -0.2) is 13.5 Å². The van der Waals surface area contributed by atoms with Gasteiger partial charge in [0.15, 0.2) is 0 Å². The maximum absolute atomic E-state index is 13.4. The number of nitrogens with two attached hydrogens (primary N) is 1. The van der Waals surface area contributed by atoms with E-state index in [0.29, 0.717) is 6.54 Å². The van der Waals surface area contributed by atoms with E-state index in [2.05, 4.69) is 10.3 Å². The highest BCUT2D eigenvalue weighted by molar-refractivity contribution is 5.19. The lowest BCUT2D eigenvalue weighted by Gasteiger charge is -2.03. The second-order valence-corrected chi connectivity index (χ2v) is 4.00. The molecule has 4 nitrogen and oxygen atoms in total. The van der Waals surface area contributed by atoms with E-state index in [9.17, 15) is 8.78 Å². The molecule has 0 spiro atoms. The van der Waals surface area contributed by atoms with Gasteiger partial charge < -0.3 is 5.73 Å². The molecular weight excluding hydrogens is 238 g/mol. The fourth-order valence-electron chi connectivity index (χ4n) is 1.66. The van der Waals surface area contributed by atoms with Crippen molar-refractivity contribution in [1.29, 1.82) is 0 Å². The first-order valence-electron chi connectivity index (χ1n) is 5.72. The summed E-state index contributed by atoms with van der Waals surface area (Å²) < 4.78 is 28.3. The molecule has 0 fully saturated rings. The van der Waals surface area contributed by atoms with Crippen LogP contribution in [0.1, 0.15) is 17.7 Å². The zero-order valence-corrected chi connectivity index (χ0v) is 9.81. The Hall–Kier alpha value is -1.82. The van der Waals surface area contributed by atoms with Gasteiger partial charge in [-0.3, -0.25) is 0 Å². The largest absolute Gasteiger partial charge is 0.330 e. The first-order valence-corrected chi connectivity index (χ1v) is 5.72. The number of benzene rings is 1. The Morgan fingerprint density at radius 3 is 2.61 bits per heavy atom. The predicted molar refractivity (Wildman–Crippen MR) is 62.9 cm³/mol. The average Bonchev–Trinajstić information content (AvgIpc) is 2.79. The standard InChI is InChI=1S/C12H14F2N4/c13-11-4-1-5-12(14)10(11)8-18-7-9(16-17-18)3-2-6-15/h1,4-5,7H,2-3,6,8,15H2. The first-order chi connectivity index (χ1) is 8.70. The van der Waals surface area contributed by atoms with Crippen LogP contribution in [-0.2, 0) is 13.0 Å². The summed E-state index contributed by atoms with van der Waals surface area (Å²) in [5, 5.41) is 7.76. The topological polar surface area (TPSA) is 56.7 Å². The van der Waals surface area contributed by atoms with E-state index < -0.39 is 11.6 Å². The molecule has 1 aromatic carbocycles. The van der Waals surface area contributed by atoms with Crippen LogP contribution in [0.3, 0.4) is 0 Å². The van der Waals surface area contributed by atoms with Crippen LogP contribution in [0, 0.1) is 11.6 Å². The molecule has 0 aliphatic rings. The quantitative estimate of drug-likeness (QED) is 0.877. The molecule has 0 unspecified atom stereocenters. The lowest BCUT2D eigenvalue weighted by atomic mass is 10.2. The number of rotatable bonds is 5. The molecule has 0 radical (unpaired) electrons. The highest BCUT2D eigenvalue weighted by Crippen LogP contribution is 2.13. The minimum atomic E-state index is -0.575. The van der Waals surface area contributed by atoms with E-state index in [1.54, 1.807) is 6.20 Å². The zero-order valence-electron chi connectivity index (χ0n) is 9.81. The van der Waals surface area contributed by atoms with E-state index in [1.807, 2.05) is 0 Å². The number of halogens is 2. The Morgan fingerprint density at radius 2 is 1.94 bits per heavy atom. The Bertz CT molecular complexity index is 504. The van der Waals surface area contributed by atoms with E-state index >= 15 is 0 Å². The lowest BCUT2D eigenvalue weighted by Crippen LogP contribution is -2.05. The van der Waals surface area contributed by atoms with Crippen molar-refractivity contribution in [2.45, 2.75) is 19.4 Å². The molecule has 96 valence electrons. The van der Waals surface area contributed by atoms with Crippen LogP contribution in [0.25, 0.3) is 0 Å². The van der Waals surface area contributed by atoms with Gasteiger partial charge in [-0.2, -0.15) is 0 Å². The van der Waals surface area contributed by atoms with Crippen LogP contribution < -0.4 is 5.73 Å². The van der Waals surface area contributed by atoms with Crippen molar-refractivity contribution >= 4 is 0 Å². The van der Waals surface area contributed by atoms with Gasteiger partial charge in [-0.1, -0.05) is 11.3 Å². The molecule has 1 aromatic heterocycles. The van der Waals surface area contributed by atoms with Crippen molar-refractivity contribution in [2.24, 2.45) is 5.73 Å². The van der Waals surface area contributed by atoms with Crippen molar-refractivity contribution in [3.8, 4) is 0 Å². The number of hydrogen-bond donors (Lipinski definition) is 1. The Kier molecular flexibility index (Phi) is 3.99. The molecule has 0 bridgehead atoms. The molecule has 0 atom stereocenters. The van der Waals surface area contributed by atoms with Crippen molar-refractivity contribution < 1.29 is 8.78 Å². The van der Waals surface area contributed by atoms with Crippen molar-refractivity contribution in [3.05, 3.63) is 47.3 Å². The monoisotopic (exact) mass is 252 g/mol. The molecule has 0 saturated carbocycles. The number of hydrogen-bond acceptors (Lipinski definition) is 3. The van der Waals surface area contributed by atoms with Crippen LogP contribution in [0.5, 0.6) is 0 Å². The minimum absolute atomic E-state index is 0.00669. The Morgan fingerprint density at radius 1 is 1.22 bits per heavy atom. The van der Waals surface area contributed by atoms with Crippen LogP contribution in [-0.4, -0.2) is 21.5 Å². The van der Waals surface area contributed by atoms with Gasteiger partial charge in [-0.15, -0.1) is 5.10 Å². The molecule has 2 aromatic rings. The van der Waals surface area contributed by atoms with Crippen LogP contribution in [0.4, 0.5) is 8.78 Å². The molecule has 0 saturated heterocycles. The molecule has 18 heavy (non-hydrogen) atoms. The summed E-state index contributed by atoms with van der Waals surface area (Å²) in [7, 11) is 0. The molecule has 2 rings (SSSR count). The molecular formula is C12H14F2N4. The maximum atomic E-state index is 13.4. The van der Waals surface area contributed by atoms with E-state index in [0.717, 1.165) is 18.5 Å². The SMILES string of the molecule is NCCCc1cn(Cc2c(F)cccc2F)nn1. The summed E-state index contributed by atoms with van der Waals surface area (Å²) in [6.45, 7) is 0.614. The van der Waals surface area contributed by atoms with Crippen LogP contribution in [0.2, 0.25) is 0 Å². The average molecular weight is 252 g/mol.